The van der Waals surface area contributed by atoms with Crippen molar-refractivity contribution in [3.63, 3.8) is 0 Å². The molecule has 8 heteroatoms. The SMILES string of the molecule is C(#Cc1ncc2[nH]cnc2n1)c1ncc2[nH]cnc2n1. The Kier molecular flexibility index (Phi) is 2.17. The molecule has 20 heavy (non-hydrogen) atoms. The lowest BCUT2D eigenvalue weighted by Gasteiger charge is -1.90. The molecule has 94 valence electrons. The number of nitrogens with one attached hydrogen (secondary N) is 2. The van der Waals surface area contributed by atoms with Gasteiger partial charge >= 0.3 is 0 Å². The van der Waals surface area contributed by atoms with Gasteiger partial charge in [0.25, 0.3) is 0 Å². The average molecular weight is 262 g/mol. The summed E-state index contributed by atoms with van der Waals surface area (Å²) in [7, 11) is 0. The zero-order valence-corrected chi connectivity index (χ0v) is 9.99. The van der Waals surface area contributed by atoms with Gasteiger partial charge in [-0.2, -0.15) is 9.97 Å². The van der Waals surface area contributed by atoms with Crippen molar-refractivity contribution in [2.24, 2.45) is 0 Å². The minimum atomic E-state index is 0.371. The van der Waals surface area contributed by atoms with E-state index in [2.05, 4.69) is 51.7 Å². The molecule has 2 N–H and O–H groups in total. The van der Waals surface area contributed by atoms with E-state index in [0.717, 1.165) is 11.0 Å². The molecule has 0 amide bonds. The molecule has 0 fully saturated rings. The van der Waals surface area contributed by atoms with Crippen molar-refractivity contribution in [2.45, 2.75) is 0 Å². The van der Waals surface area contributed by atoms with Crippen molar-refractivity contribution in [1.82, 2.24) is 39.9 Å². The summed E-state index contributed by atoms with van der Waals surface area (Å²) in [5.74, 6) is 6.36. The summed E-state index contributed by atoms with van der Waals surface area (Å²) < 4.78 is 0. The summed E-state index contributed by atoms with van der Waals surface area (Å²) in [5.41, 5.74) is 2.69. The number of nitrogens with zero attached hydrogens (tertiary/aromatic N) is 6. The van der Waals surface area contributed by atoms with Crippen molar-refractivity contribution in [3.8, 4) is 11.8 Å². The van der Waals surface area contributed by atoms with E-state index in [1.54, 1.807) is 25.0 Å². The largest absolute Gasteiger partial charge is 0.342 e. The number of fused-ring (bicyclic) bond motifs is 2. The summed E-state index contributed by atoms with van der Waals surface area (Å²) >= 11 is 0. The van der Waals surface area contributed by atoms with Crippen LogP contribution < -0.4 is 0 Å². The molecule has 0 bridgehead atoms. The van der Waals surface area contributed by atoms with Gasteiger partial charge in [-0.15, -0.1) is 0 Å². The van der Waals surface area contributed by atoms with Gasteiger partial charge in [0, 0.05) is 0 Å². The van der Waals surface area contributed by atoms with Crippen LogP contribution in [0.15, 0.2) is 25.0 Å². The first-order valence-electron chi connectivity index (χ1n) is 5.73. The van der Waals surface area contributed by atoms with E-state index in [4.69, 9.17) is 0 Å². The van der Waals surface area contributed by atoms with Crippen molar-refractivity contribution in [3.05, 3.63) is 36.7 Å². The first-order chi connectivity index (χ1) is 9.88. The molecule has 4 heterocycles. The highest BCUT2D eigenvalue weighted by atomic mass is 15.0. The van der Waals surface area contributed by atoms with Gasteiger partial charge in [-0.3, -0.25) is 0 Å². The number of rotatable bonds is 0. The van der Waals surface area contributed by atoms with Crippen LogP contribution in [0.3, 0.4) is 0 Å². The Labute approximate surface area is 111 Å². The Balaban J connectivity index is 1.73. The van der Waals surface area contributed by atoms with Crippen LogP contribution in [-0.4, -0.2) is 39.9 Å². The van der Waals surface area contributed by atoms with Crippen molar-refractivity contribution in [2.75, 3.05) is 0 Å². The standard InChI is InChI=1S/C12H6N8/c1(9-13-3-7-11(19-9)17-5-15-7)2-10-14-4-8-12(20-10)18-6-16-8/h3-6H,(H,13,15,17,19)(H,14,16,18,20). The van der Waals surface area contributed by atoms with Crippen LogP contribution >= 0.6 is 0 Å². The smallest absolute Gasteiger partial charge is 0.207 e. The quantitative estimate of drug-likeness (QED) is 0.444. The highest BCUT2D eigenvalue weighted by Crippen LogP contribution is 2.04. The van der Waals surface area contributed by atoms with Crippen LogP contribution in [0.4, 0.5) is 0 Å². The number of hydrogen-bond donors (Lipinski definition) is 2. The molecule has 0 saturated carbocycles. The molecule has 0 radical (unpaired) electrons. The predicted octanol–water partition coefficient (Wildman–Crippen LogP) is 0.419. The molecule has 4 aromatic heterocycles. The van der Waals surface area contributed by atoms with Gasteiger partial charge in [0.1, 0.15) is 11.0 Å². The molecule has 0 unspecified atom stereocenters. The van der Waals surface area contributed by atoms with Crippen LogP contribution in [0.5, 0.6) is 0 Å². The lowest BCUT2D eigenvalue weighted by atomic mass is 10.4. The molecule has 0 aromatic carbocycles. The summed E-state index contributed by atoms with van der Waals surface area (Å²) in [6.07, 6.45) is 6.39. The minimum Gasteiger partial charge on any atom is -0.342 e. The van der Waals surface area contributed by atoms with Crippen molar-refractivity contribution >= 4 is 22.3 Å². The molecule has 8 nitrogen and oxygen atoms in total. The molecule has 0 saturated heterocycles. The zero-order valence-electron chi connectivity index (χ0n) is 9.99. The third kappa shape index (κ3) is 1.74. The maximum absolute atomic E-state index is 4.20. The van der Waals surface area contributed by atoms with E-state index in [0.29, 0.717) is 22.9 Å². The number of aromatic amines is 2. The molecule has 0 spiro atoms. The maximum atomic E-state index is 4.20. The Morgan fingerprint density at radius 1 is 0.700 bits per heavy atom. The van der Waals surface area contributed by atoms with Crippen LogP contribution in [0.25, 0.3) is 22.3 Å². The van der Waals surface area contributed by atoms with E-state index < -0.39 is 0 Å². The van der Waals surface area contributed by atoms with E-state index in [-0.39, 0.29) is 0 Å². The summed E-state index contributed by atoms with van der Waals surface area (Å²) in [6.45, 7) is 0. The molecule has 0 aliphatic heterocycles. The summed E-state index contributed by atoms with van der Waals surface area (Å²) in [6, 6.07) is 0. The highest BCUT2D eigenvalue weighted by molar-refractivity contribution is 5.69. The Bertz CT molecular complexity index is 893. The second-order valence-electron chi connectivity index (χ2n) is 3.92. The van der Waals surface area contributed by atoms with Crippen LogP contribution in [0.2, 0.25) is 0 Å². The van der Waals surface area contributed by atoms with E-state index in [1.165, 1.54) is 0 Å². The first kappa shape index (κ1) is 10.6. The summed E-state index contributed by atoms with van der Waals surface area (Å²) in [5, 5.41) is 0. The van der Waals surface area contributed by atoms with E-state index in [9.17, 15) is 0 Å². The lowest BCUT2D eigenvalue weighted by molar-refractivity contribution is 1.14. The zero-order chi connectivity index (χ0) is 13.4. The Morgan fingerprint density at radius 2 is 1.20 bits per heavy atom. The fourth-order valence-electron chi connectivity index (χ4n) is 1.70. The van der Waals surface area contributed by atoms with Gasteiger partial charge in [-0.05, 0) is 11.8 Å². The van der Waals surface area contributed by atoms with E-state index >= 15 is 0 Å². The van der Waals surface area contributed by atoms with Crippen LogP contribution in [-0.2, 0) is 0 Å². The summed E-state index contributed by atoms with van der Waals surface area (Å²) in [4.78, 5) is 30.6. The fourth-order valence-corrected chi connectivity index (χ4v) is 1.70. The fraction of sp³-hybridized carbons (Fsp3) is 0. The Hall–Kier alpha value is -3.34. The highest BCUT2D eigenvalue weighted by Gasteiger charge is 2.01. The molecule has 0 aliphatic rings. The van der Waals surface area contributed by atoms with E-state index in [1.807, 2.05) is 0 Å². The average Bonchev–Trinajstić information content (AvgIpc) is 3.12. The molecule has 4 rings (SSSR count). The third-order valence-corrected chi connectivity index (χ3v) is 2.64. The maximum Gasteiger partial charge on any atom is 0.207 e. The van der Waals surface area contributed by atoms with Gasteiger partial charge in [-0.25, -0.2) is 19.9 Å². The number of aromatic nitrogens is 8. The van der Waals surface area contributed by atoms with Gasteiger partial charge in [0.05, 0.1) is 25.0 Å². The molecule has 4 aromatic rings. The Morgan fingerprint density at radius 3 is 1.70 bits per heavy atom. The lowest BCUT2D eigenvalue weighted by Crippen LogP contribution is -1.91. The van der Waals surface area contributed by atoms with Crippen molar-refractivity contribution < 1.29 is 0 Å². The number of imidazole rings is 2. The van der Waals surface area contributed by atoms with Gasteiger partial charge in [-0.1, -0.05) is 0 Å². The first-order valence-corrected chi connectivity index (χ1v) is 5.73. The molecule has 0 atom stereocenters. The topological polar surface area (TPSA) is 109 Å². The normalized spacial score (nSPS) is 10.6. The molecular weight excluding hydrogens is 256 g/mol. The monoisotopic (exact) mass is 262 g/mol. The van der Waals surface area contributed by atoms with Gasteiger partial charge < -0.3 is 9.97 Å². The third-order valence-electron chi connectivity index (χ3n) is 2.64. The second kappa shape index (κ2) is 4.10. The number of H-pyrrole nitrogens is 2. The predicted molar refractivity (Wildman–Crippen MR) is 69.3 cm³/mol. The molecule has 0 aliphatic carbocycles. The van der Waals surface area contributed by atoms with Gasteiger partial charge in [0.15, 0.2) is 11.3 Å². The van der Waals surface area contributed by atoms with Crippen LogP contribution in [0, 0.1) is 11.8 Å². The molecular formula is C12H6N8. The second-order valence-corrected chi connectivity index (χ2v) is 3.92. The van der Waals surface area contributed by atoms with Crippen molar-refractivity contribution in [1.29, 1.82) is 0 Å². The van der Waals surface area contributed by atoms with Crippen LogP contribution in [0.1, 0.15) is 11.6 Å². The van der Waals surface area contributed by atoms with Gasteiger partial charge in [0.2, 0.25) is 11.6 Å². The number of hydrogen-bond acceptors (Lipinski definition) is 6. The minimum absolute atomic E-state index is 0.371.